The van der Waals surface area contributed by atoms with Gasteiger partial charge in [0.25, 0.3) is 0 Å². The smallest absolute Gasteiger partial charge is 0.0767 e. The Kier molecular flexibility index (Phi) is 7.70. The van der Waals surface area contributed by atoms with E-state index >= 15 is 0 Å². The number of aromatic nitrogens is 2. The molecule has 0 saturated carbocycles. The van der Waals surface area contributed by atoms with Gasteiger partial charge in [-0.15, -0.1) is 6.58 Å². The molecule has 0 amide bonds. The van der Waals surface area contributed by atoms with Gasteiger partial charge in [0.2, 0.25) is 0 Å². The first-order valence-corrected chi connectivity index (χ1v) is 8.32. The fourth-order valence-corrected chi connectivity index (χ4v) is 3.03. The van der Waals surface area contributed by atoms with Gasteiger partial charge in [-0.1, -0.05) is 13.0 Å². The zero-order valence-electron chi connectivity index (χ0n) is 11.2. The molecule has 0 aromatic carbocycles. The van der Waals surface area contributed by atoms with Crippen LogP contribution in [0.1, 0.15) is 25.2 Å². The average molecular weight is 332 g/mol. The minimum Gasteiger partial charge on any atom is -0.310 e. The highest BCUT2D eigenvalue weighted by molar-refractivity contribution is 9.10. The Hall–Kier alpha value is -0.260. The van der Waals surface area contributed by atoms with Crippen molar-refractivity contribution in [3.05, 3.63) is 28.5 Å². The van der Waals surface area contributed by atoms with Crippen LogP contribution in [0.15, 0.2) is 17.1 Å². The third-order valence-electron chi connectivity index (χ3n) is 2.65. The number of thioether (sulfide) groups is 1. The molecule has 1 N–H and O–H groups in total. The second kappa shape index (κ2) is 8.77. The number of hydrogen-bond acceptors (Lipinski definition) is 3. The molecule has 3 nitrogen and oxygen atoms in total. The Morgan fingerprint density at radius 2 is 2.28 bits per heavy atom. The zero-order valence-corrected chi connectivity index (χ0v) is 13.6. The van der Waals surface area contributed by atoms with E-state index in [1.807, 2.05) is 17.8 Å². The SMILES string of the molecule is C=CCSCCNCc1c(Br)c(CC)nn1CC. The molecule has 1 heterocycles. The molecular weight excluding hydrogens is 310 g/mol. The standard InChI is InChI=1S/C13H22BrN3S/c1-4-8-18-9-7-15-10-12-13(14)11(5-2)16-17(12)6-3/h4,15H,1,5-10H2,2-3H3. The Morgan fingerprint density at radius 1 is 1.50 bits per heavy atom. The van der Waals surface area contributed by atoms with E-state index in [2.05, 4.69) is 51.5 Å². The Morgan fingerprint density at radius 3 is 2.89 bits per heavy atom. The molecule has 0 fully saturated rings. The van der Waals surface area contributed by atoms with Gasteiger partial charge in [0.1, 0.15) is 0 Å². The highest BCUT2D eigenvalue weighted by Crippen LogP contribution is 2.22. The monoisotopic (exact) mass is 331 g/mol. The Labute approximate surface area is 123 Å². The van der Waals surface area contributed by atoms with Crippen LogP contribution in [0.25, 0.3) is 0 Å². The molecule has 0 bridgehead atoms. The van der Waals surface area contributed by atoms with Gasteiger partial charge in [0.05, 0.1) is 15.9 Å². The van der Waals surface area contributed by atoms with Gasteiger partial charge in [-0.05, 0) is 29.3 Å². The summed E-state index contributed by atoms with van der Waals surface area (Å²) in [5.41, 5.74) is 2.40. The minimum absolute atomic E-state index is 0.871. The molecule has 18 heavy (non-hydrogen) atoms. The van der Waals surface area contributed by atoms with Crippen LogP contribution >= 0.6 is 27.7 Å². The molecule has 0 atom stereocenters. The molecule has 0 aliphatic carbocycles. The molecule has 102 valence electrons. The topological polar surface area (TPSA) is 29.9 Å². The molecular formula is C13H22BrN3S. The summed E-state index contributed by atoms with van der Waals surface area (Å²) in [7, 11) is 0. The first kappa shape index (κ1) is 15.8. The largest absolute Gasteiger partial charge is 0.310 e. The van der Waals surface area contributed by atoms with E-state index in [0.717, 1.165) is 47.7 Å². The van der Waals surface area contributed by atoms with E-state index in [9.17, 15) is 0 Å². The van der Waals surface area contributed by atoms with Gasteiger partial charge in [0.15, 0.2) is 0 Å². The molecule has 0 saturated heterocycles. The Balaban J connectivity index is 2.45. The van der Waals surface area contributed by atoms with Crippen molar-refractivity contribution >= 4 is 27.7 Å². The van der Waals surface area contributed by atoms with Gasteiger partial charge in [-0.2, -0.15) is 16.9 Å². The summed E-state index contributed by atoms with van der Waals surface area (Å²) in [5.74, 6) is 2.14. The molecule has 0 spiro atoms. The summed E-state index contributed by atoms with van der Waals surface area (Å²) < 4.78 is 3.24. The van der Waals surface area contributed by atoms with Crippen LogP contribution in [0.4, 0.5) is 0 Å². The van der Waals surface area contributed by atoms with Crippen LogP contribution in [0.2, 0.25) is 0 Å². The molecule has 1 aromatic heterocycles. The lowest BCUT2D eigenvalue weighted by atomic mass is 10.3. The first-order chi connectivity index (χ1) is 8.74. The summed E-state index contributed by atoms with van der Waals surface area (Å²) in [5, 5.41) is 8.05. The number of nitrogens with zero attached hydrogens (tertiary/aromatic N) is 2. The van der Waals surface area contributed by atoms with Crippen LogP contribution in [-0.4, -0.2) is 27.8 Å². The maximum Gasteiger partial charge on any atom is 0.0767 e. The third kappa shape index (κ3) is 4.44. The summed E-state index contributed by atoms with van der Waals surface area (Å²) >= 11 is 5.55. The number of rotatable bonds is 9. The first-order valence-electron chi connectivity index (χ1n) is 6.37. The van der Waals surface area contributed by atoms with E-state index in [1.165, 1.54) is 5.69 Å². The fourth-order valence-electron chi connectivity index (χ4n) is 1.70. The number of aryl methyl sites for hydroxylation is 2. The molecule has 1 rings (SSSR count). The van der Waals surface area contributed by atoms with Crippen molar-refractivity contribution < 1.29 is 0 Å². The third-order valence-corrected chi connectivity index (χ3v) is 4.53. The summed E-state index contributed by atoms with van der Waals surface area (Å²) in [4.78, 5) is 0. The number of hydrogen-bond donors (Lipinski definition) is 1. The van der Waals surface area contributed by atoms with Crippen LogP contribution in [0.3, 0.4) is 0 Å². The van der Waals surface area contributed by atoms with E-state index < -0.39 is 0 Å². The summed E-state index contributed by atoms with van der Waals surface area (Å²) in [6.07, 6.45) is 2.91. The maximum atomic E-state index is 4.59. The van der Waals surface area contributed by atoms with Crippen molar-refractivity contribution in [2.24, 2.45) is 0 Å². The highest BCUT2D eigenvalue weighted by atomic mass is 79.9. The van der Waals surface area contributed by atoms with E-state index in [1.54, 1.807) is 0 Å². The minimum atomic E-state index is 0.871. The van der Waals surface area contributed by atoms with Crippen molar-refractivity contribution in [1.82, 2.24) is 15.1 Å². The van der Waals surface area contributed by atoms with Crippen molar-refractivity contribution in [3.8, 4) is 0 Å². The predicted octanol–water partition coefficient (Wildman–Crippen LogP) is 3.24. The molecule has 0 aliphatic rings. The zero-order chi connectivity index (χ0) is 13.4. The molecule has 0 unspecified atom stereocenters. The van der Waals surface area contributed by atoms with Crippen molar-refractivity contribution in [1.29, 1.82) is 0 Å². The van der Waals surface area contributed by atoms with Gasteiger partial charge in [-0.25, -0.2) is 0 Å². The molecule has 5 heteroatoms. The van der Waals surface area contributed by atoms with Crippen LogP contribution in [0.5, 0.6) is 0 Å². The number of nitrogens with one attached hydrogen (secondary N) is 1. The van der Waals surface area contributed by atoms with Gasteiger partial charge in [-0.3, -0.25) is 4.68 Å². The highest BCUT2D eigenvalue weighted by Gasteiger charge is 2.12. The van der Waals surface area contributed by atoms with Crippen molar-refractivity contribution in [3.63, 3.8) is 0 Å². The van der Waals surface area contributed by atoms with Gasteiger partial charge in [0, 0.05) is 31.1 Å². The van der Waals surface area contributed by atoms with Crippen molar-refractivity contribution in [2.45, 2.75) is 33.4 Å². The van der Waals surface area contributed by atoms with Crippen LogP contribution in [-0.2, 0) is 19.5 Å². The second-order valence-corrected chi connectivity index (χ2v) is 5.86. The van der Waals surface area contributed by atoms with Crippen LogP contribution < -0.4 is 5.32 Å². The fraction of sp³-hybridized carbons (Fsp3) is 0.615. The van der Waals surface area contributed by atoms with E-state index in [0.29, 0.717) is 0 Å². The van der Waals surface area contributed by atoms with E-state index in [4.69, 9.17) is 0 Å². The lowest BCUT2D eigenvalue weighted by molar-refractivity contribution is 0.585. The Bertz CT molecular complexity index is 377. The van der Waals surface area contributed by atoms with Gasteiger partial charge < -0.3 is 5.32 Å². The molecule has 0 radical (unpaired) electrons. The normalized spacial score (nSPS) is 10.8. The van der Waals surface area contributed by atoms with Crippen LogP contribution in [0, 0.1) is 0 Å². The quantitative estimate of drug-likeness (QED) is 0.556. The lowest BCUT2D eigenvalue weighted by Crippen LogP contribution is -2.19. The van der Waals surface area contributed by atoms with Gasteiger partial charge >= 0.3 is 0 Å². The molecule has 1 aromatic rings. The summed E-state index contributed by atoms with van der Waals surface area (Å²) in [6, 6.07) is 0. The number of halogens is 1. The molecule has 0 aliphatic heterocycles. The maximum absolute atomic E-state index is 4.59. The van der Waals surface area contributed by atoms with Crippen molar-refractivity contribution in [2.75, 3.05) is 18.1 Å². The average Bonchev–Trinajstić information content (AvgIpc) is 2.70. The predicted molar refractivity (Wildman–Crippen MR) is 84.2 cm³/mol. The summed E-state index contributed by atoms with van der Waals surface area (Å²) in [6.45, 7) is 10.8. The second-order valence-electron chi connectivity index (χ2n) is 3.92. The van der Waals surface area contributed by atoms with E-state index in [-0.39, 0.29) is 0 Å². The lowest BCUT2D eigenvalue weighted by Gasteiger charge is -2.07.